The summed E-state index contributed by atoms with van der Waals surface area (Å²) in [5.74, 6) is 1.07. The second kappa shape index (κ2) is 8.12. The van der Waals surface area contributed by atoms with Gasteiger partial charge in [-0.25, -0.2) is 0 Å². The van der Waals surface area contributed by atoms with Gasteiger partial charge in [0.1, 0.15) is 6.04 Å². The Balaban J connectivity index is 1.62. The average Bonchev–Trinajstić information content (AvgIpc) is 3.07. The highest BCUT2D eigenvalue weighted by Crippen LogP contribution is 2.32. The minimum Gasteiger partial charge on any atom is -0.493 e. The summed E-state index contributed by atoms with van der Waals surface area (Å²) >= 11 is 0. The van der Waals surface area contributed by atoms with Gasteiger partial charge in [-0.3, -0.25) is 14.5 Å². The highest BCUT2D eigenvalue weighted by molar-refractivity contribution is 6.02. The Kier molecular flexibility index (Phi) is 5.64. The maximum absolute atomic E-state index is 12.7. The quantitative estimate of drug-likeness (QED) is 0.850. The molecule has 2 amide bonds. The molecule has 0 fully saturated rings. The number of ether oxygens (including phenoxy) is 2. The van der Waals surface area contributed by atoms with Crippen molar-refractivity contribution in [3.63, 3.8) is 0 Å². The Morgan fingerprint density at radius 1 is 1.11 bits per heavy atom. The van der Waals surface area contributed by atoms with Crippen molar-refractivity contribution in [2.75, 3.05) is 25.7 Å². The molecule has 0 saturated carbocycles. The second-order valence-corrected chi connectivity index (χ2v) is 6.47. The number of nitrogens with zero attached hydrogens (tertiary/aromatic N) is 1. The van der Waals surface area contributed by atoms with Gasteiger partial charge in [0.15, 0.2) is 11.5 Å². The van der Waals surface area contributed by atoms with E-state index in [0.29, 0.717) is 30.9 Å². The molecule has 1 aliphatic rings. The molecule has 0 aliphatic carbocycles. The van der Waals surface area contributed by atoms with Crippen LogP contribution in [0.4, 0.5) is 5.69 Å². The monoisotopic (exact) mass is 368 g/mol. The van der Waals surface area contributed by atoms with Crippen molar-refractivity contribution in [1.82, 2.24) is 5.32 Å². The van der Waals surface area contributed by atoms with E-state index < -0.39 is 6.04 Å². The highest BCUT2D eigenvalue weighted by atomic mass is 16.5. The molecule has 1 atom stereocenters. The number of methoxy groups -OCH3 is 2. The SMILES string of the molecule is COc1ccc(CCNC(=O)[C@@H]2Cc3ccccc3N2C(C)=O)cc1OC. The molecule has 0 radical (unpaired) electrons. The molecule has 0 spiro atoms. The van der Waals surface area contributed by atoms with E-state index in [4.69, 9.17) is 9.47 Å². The zero-order chi connectivity index (χ0) is 19.4. The van der Waals surface area contributed by atoms with Crippen LogP contribution in [0.25, 0.3) is 0 Å². The van der Waals surface area contributed by atoms with Crippen LogP contribution < -0.4 is 19.7 Å². The van der Waals surface area contributed by atoms with Gasteiger partial charge in [-0.15, -0.1) is 0 Å². The van der Waals surface area contributed by atoms with Crippen LogP contribution >= 0.6 is 0 Å². The summed E-state index contributed by atoms with van der Waals surface area (Å²) in [5, 5.41) is 2.95. The number of nitrogens with one attached hydrogen (secondary N) is 1. The van der Waals surface area contributed by atoms with Gasteiger partial charge in [0.2, 0.25) is 11.8 Å². The van der Waals surface area contributed by atoms with Crippen LogP contribution in [0.1, 0.15) is 18.1 Å². The van der Waals surface area contributed by atoms with Crippen molar-refractivity contribution >= 4 is 17.5 Å². The molecule has 2 aromatic carbocycles. The number of carbonyl (C=O) groups is 2. The number of fused-ring (bicyclic) bond motifs is 1. The molecule has 3 rings (SSSR count). The number of amides is 2. The van der Waals surface area contributed by atoms with Crippen LogP contribution in [0, 0.1) is 0 Å². The largest absolute Gasteiger partial charge is 0.493 e. The smallest absolute Gasteiger partial charge is 0.243 e. The number of para-hydroxylation sites is 1. The van der Waals surface area contributed by atoms with Crippen LogP contribution in [0.15, 0.2) is 42.5 Å². The average molecular weight is 368 g/mol. The van der Waals surface area contributed by atoms with Crippen LogP contribution in [0.3, 0.4) is 0 Å². The molecule has 6 heteroatoms. The Morgan fingerprint density at radius 2 is 1.85 bits per heavy atom. The summed E-state index contributed by atoms with van der Waals surface area (Å²) in [7, 11) is 3.19. The number of anilines is 1. The summed E-state index contributed by atoms with van der Waals surface area (Å²) in [6, 6.07) is 12.8. The number of benzene rings is 2. The zero-order valence-corrected chi connectivity index (χ0v) is 15.8. The molecule has 0 aromatic heterocycles. The van der Waals surface area contributed by atoms with E-state index in [1.165, 1.54) is 6.92 Å². The van der Waals surface area contributed by atoms with E-state index in [2.05, 4.69) is 5.32 Å². The number of hydrogen-bond acceptors (Lipinski definition) is 4. The van der Waals surface area contributed by atoms with Crippen molar-refractivity contribution in [3.05, 3.63) is 53.6 Å². The van der Waals surface area contributed by atoms with Crippen LogP contribution in [-0.4, -0.2) is 38.6 Å². The molecular formula is C21H24N2O4. The van der Waals surface area contributed by atoms with Crippen molar-refractivity contribution < 1.29 is 19.1 Å². The molecule has 2 aromatic rings. The predicted molar refractivity (Wildman–Crippen MR) is 103 cm³/mol. The van der Waals surface area contributed by atoms with E-state index in [9.17, 15) is 9.59 Å². The third kappa shape index (κ3) is 3.89. The zero-order valence-electron chi connectivity index (χ0n) is 15.8. The number of hydrogen-bond donors (Lipinski definition) is 1. The molecule has 0 unspecified atom stereocenters. The Labute approximate surface area is 159 Å². The molecule has 142 valence electrons. The summed E-state index contributed by atoms with van der Waals surface area (Å²) in [6.45, 7) is 1.97. The second-order valence-electron chi connectivity index (χ2n) is 6.47. The fourth-order valence-electron chi connectivity index (χ4n) is 3.47. The van der Waals surface area contributed by atoms with Crippen molar-refractivity contribution in [2.24, 2.45) is 0 Å². The first-order valence-electron chi connectivity index (χ1n) is 8.91. The lowest BCUT2D eigenvalue weighted by Gasteiger charge is -2.23. The van der Waals surface area contributed by atoms with Crippen LogP contribution in [-0.2, 0) is 22.4 Å². The lowest BCUT2D eigenvalue weighted by Crippen LogP contribution is -2.47. The van der Waals surface area contributed by atoms with Gasteiger partial charge >= 0.3 is 0 Å². The first-order chi connectivity index (χ1) is 13.0. The molecular weight excluding hydrogens is 344 g/mol. The summed E-state index contributed by atoms with van der Waals surface area (Å²) in [4.78, 5) is 26.3. The normalized spacial score (nSPS) is 15.2. The van der Waals surface area contributed by atoms with E-state index in [-0.39, 0.29) is 11.8 Å². The predicted octanol–water partition coefficient (Wildman–Crippen LogP) is 2.34. The standard InChI is InChI=1S/C21H24N2O4/c1-14(24)23-17-7-5-4-6-16(17)13-18(23)21(25)22-11-10-15-8-9-19(26-2)20(12-15)27-3/h4-9,12,18H,10-11,13H2,1-3H3,(H,22,25)/t18-/m0/s1. The molecule has 0 saturated heterocycles. The van der Waals surface area contributed by atoms with E-state index in [1.807, 2.05) is 42.5 Å². The number of carbonyl (C=O) groups excluding carboxylic acids is 2. The van der Waals surface area contributed by atoms with E-state index in [0.717, 1.165) is 16.8 Å². The van der Waals surface area contributed by atoms with E-state index >= 15 is 0 Å². The third-order valence-electron chi connectivity index (χ3n) is 4.78. The van der Waals surface area contributed by atoms with Crippen LogP contribution in [0.5, 0.6) is 11.5 Å². The fourth-order valence-corrected chi connectivity index (χ4v) is 3.47. The number of rotatable bonds is 6. The molecule has 6 nitrogen and oxygen atoms in total. The van der Waals surface area contributed by atoms with Gasteiger partial charge in [0.05, 0.1) is 14.2 Å². The third-order valence-corrected chi connectivity index (χ3v) is 4.78. The minimum absolute atomic E-state index is 0.125. The van der Waals surface area contributed by atoms with Gasteiger partial charge in [0, 0.05) is 25.6 Å². The topological polar surface area (TPSA) is 67.9 Å². The maximum Gasteiger partial charge on any atom is 0.243 e. The first-order valence-corrected chi connectivity index (χ1v) is 8.91. The molecule has 0 bridgehead atoms. The maximum atomic E-state index is 12.7. The van der Waals surface area contributed by atoms with Gasteiger partial charge in [-0.2, -0.15) is 0 Å². The molecule has 1 N–H and O–H groups in total. The van der Waals surface area contributed by atoms with Gasteiger partial charge in [-0.1, -0.05) is 24.3 Å². The molecule has 27 heavy (non-hydrogen) atoms. The lowest BCUT2D eigenvalue weighted by atomic mass is 10.1. The summed E-state index contributed by atoms with van der Waals surface area (Å²) in [5.41, 5.74) is 2.88. The van der Waals surface area contributed by atoms with Gasteiger partial charge in [-0.05, 0) is 35.7 Å². The Hall–Kier alpha value is -3.02. The molecule has 1 heterocycles. The van der Waals surface area contributed by atoms with Crippen molar-refractivity contribution in [1.29, 1.82) is 0 Å². The Morgan fingerprint density at radius 3 is 2.56 bits per heavy atom. The van der Waals surface area contributed by atoms with Gasteiger partial charge < -0.3 is 14.8 Å². The van der Waals surface area contributed by atoms with E-state index in [1.54, 1.807) is 19.1 Å². The van der Waals surface area contributed by atoms with Crippen LogP contribution in [0.2, 0.25) is 0 Å². The summed E-state index contributed by atoms with van der Waals surface area (Å²) in [6.07, 6.45) is 1.20. The summed E-state index contributed by atoms with van der Waals surface area (Å²) < 4.78 is 10.5. The fraction of sp³-hybridized carbons (Fsp3) is 0.333. The van der Waals surface area contributed by atoms with Crippen molar-refractivity contribution in [3.8, 4) is 11.5 Å². The highest BCUT2D eigenvalue weighted by Gasteiger charge is 2.36. The minimum atomic E-state index is -0.495. The Bertz CT molecular complexity index is 850. The lowest BCUT2D eigenvalue weighted by molar-refractivity contribution is -0.125. The van der Waals surface area contributed by atoms with Crippen molar-refractivity contribution in [2.45, 2.75) is 25.8 Å². The molecule has 1 aliphatic heterocycles. The van der Waals surface area contributed by atoms with Gasteiger partial charge in [0.25, 0.3) is 0 Å². The first kappa shape index (κ1) is 18.8.